The molecule has 8 heteroatoms. The predicted molar refractivity (Wildman–Crippen MR) is 126 cm³/mol. The molecule has 3 aromatic rings. The summed E-state index contributed by atoms with van der Waals surface area (Å²) in [7, 11) is 1.64. The first-order valence-electron chi connectivity index (χ1n) is 11.6. The van der Waals surface area contributed by atoms with Crippen molar-refractivity contribution in [3.05, 3.63) is 77.9 Å². The lowest BCUT2D eigenvalue weighted by Gasteiger charge is -2.31. The number of methoxy groups -OCH3 is 1. The molecule has 0 radical (unpaired) electrons. The molecule has 34 heavy (non-hydrogen) atoms. The van der Waals surface area contributed by atoms with Crippen molar-refractivity contribution in [1.82, 2.24) is 14.8 Å². The van der Waals surface area contributed by atoms with Gasteiger partial charge in [-0.25, -0.2) is 9.58 Å². The number of fused-ring (bicyclic) bond motifs is 2. The van der Waals surface area contributed by atoms with Gasteiger partial charge in [-0.2, -0.15) is 4.98 Å². The van der Waals surface area contributed by atoms with Gasteiger partial charge in [-0.1, -0.05) is 54.6 Å². The number of aromatic nitrogens is 3. The highest BCUT2D eigenvalue weighted by molar-refractivity contribution is 6.21. The van der Waals surface area contributed by atoms with Crippen molar-refractivity contribution >= 4 is 23.7 Å². The summed E-state index contributed by atoms with van der Waals surface area (Å²) in [6.45, 7) is 0. The van der Waals surface area contributed by atoms with Crippen LogP contribution in [0, 0.1) is 11.8 Å². The van der Waals surface area contributed by atoms with Crippen LogP contribution in [0.5, 0.6) is 5.75 Å². The first-order valence-corrected chi connectivity index (χ1v) is 11.6. The minimum absolute atomic E-state index is 0.00890. The van der Waals surface area contributed by atoms with Gasteiger partial charge in [-0.15, -0.1) is 5.10 Å². The van der Waals surface area contributed by atoms with Crippen LogP contribution in [-0.2, 0) is 9.59 Å². The topological polar surface area (TPSA) is 89.3 Å². The average molecular weight is 456 g/mol. The van der Waals surface area contributed by atoms with Gasteiger partial charge in [0.05, 0.1) is 31.0 Å². The Labute approximate surface area is 197 Å². The molecule has 1 N–H and O–H groups in total. The maximum atomic E-state index is 13.1. The van der Waals surface area contributed by atoms with Gasteiger partial charge < -0.3 is 10.1 Å². The monoisotopic (exact) mass is 455 g/mol. The van der Waals surface area contributed by atoms with E-state index in [1.165, 1.54) is 4.90 Å². The van der Waals surface area contributed by atoms with Crippen LogP contribution in [0.3, 0.4) is 0 Å². The molecular formula is C26H25N5O3. The predicted octanol–water partition coefficient (Wildman–Crippen LogP) is 3.89. The number of carbonyl (C=O) groups is 2. The lowest BCUT2D eigenvalue weighted by molar-refractivity contribution is -0.122. The molecule has 2 amide bonds. The van der Waals surface area contributed by atoms with Crippen LogP contribution >= 0.6 is 0 Å². The van der Waals surface area contributed by atoms with Gasteiger partial charge in [0.25, 0.3) is 5.95 Å². The second-order valence-electron chi connectivity index (χ2n) is 8.98. The van der Waals surface area contributed by atoms with Crippen LogP contribution in [0.4, 0.5) is 11.9 Å². The van der Waals surface area contributed by atoms with Gasteiger partial charge in [0.2, 0.25) is 17.8 Å². The van der Waals surface area contributed by atoms with E-state index < -0.39 is 0 Å². The fourth-order valence-corrected chi connectivity index (χ4v) is 5.27. The molecule has 1 saturated heterocycles. The minimum atomic E-state index is -0.319. The second kappa shape index (κ2) is 8.13. The molecule has 2 aromatic carbocycles. The summed E-state index contributed by atoms with van der Waals surface area (Å²) in [6.07, 6.45) is 5.87. The van der Waals surface area contributed by atoms with Gasteiger partial charge in [-0.3, -0.25) is 9.59 Å². The van der Waals surface area contributed by atoms with E-state index in [-0.39, 0.29) is 41.7 Å². The standard InChI is InChI=1S/C26H25N5O3/c1-34-18-13-11-17(12-14-18)22-15-21(16-7-3-2-4-8-16)27-25-28-26(29-31(22)25)30-23(32)19-9-5-6-10-20(19)24(30)33/h2-8,11-14,19-22H,9-10,15H2,1H3,(H,27,28,29)/t19-,20-,21+,22-/m0/s1. The average Bonchev–Trinajstić information content (AvgIpc) is 3.42. The van der Waals surface area contributed by atoms with E-state index in [1.807, 2.05) is 54.6 Å². The Bertz CT molecular complexity index is 1240. The van der Waals surface area contributed by atoms with Crippen molar-refractivity contribution in [2.45, 2.75) is 31.3 Å². The largest absolute Gasteiger partial charge is 0.497 e. The Kier molecular flexibility index (Phi) is 4.94. The molecule has 0 saturated carbocycles. The van der Waals surface area contributed by atoms with Gasteiger partial charge >= 0.3 is 0 Å². The third-order valence-electron chi connectivity index (χ3n) is 7.09. The molecule has 1 fully saturated rings. The number of nitrogens with zero attached hydrogens (tertiary/aromatic N) is 4. The molecule has 0 bridgehead atoms. The van der Waals surface area contributed by atoms with E-state index in [4.69, 9.17) is 9.84 Å². The minimum Gasteiger partial charge on any atom is -0.497 e. The Morgan fingerprint density at radius 2 is 1.59 bits per heavy atom. The van der Waals surface area contributed by atoms with E-state index in [1.54, 1.807) is 11.8 Å². The SMILES string of the molecule is COc1ccc([C@@H]2C[C@H](c3ccccc3)Nc3nc(N4C(=O)[C@H]5CC=CC[C@@H]5C4=O)nn32)cc1. The maximum absolute atomic E-state index is 13.1. The van der Waals surface area contributed by atoms with Crippen LogP contribution in [0.25, 0.3) is 0 Å². The molecule has 2 aliphatic heterocycles. The van der Waals surface area contributed by atoms with Crippen molar-refractivity contribution in [2.75, 3.05) is 17.3 Å². The molecule has 0 spiro atoms. The molecule has 4 atom stereocenters. The zero-order valence-electron chi connectivity index (χ0n) is 18.8. The highest BCUT2D eigenvalue weighted by Crippen LogP contribution is 2.41. The van der Waals surface area contributed by atoms with Crippen molar-refractivity contribution in [2.24, 2.45) is 11.8 Å². The molecular weight excluding hydrogens is 430 g/mol. The molecule has 1 aliphatic carbocycles. The van der Waals surface area contributed by atoms with Crippen LogP contribution in [0.15, 0.2) is 66.7 Å². The van der Waals surface area contributed by atoms with Crippen molar-refractivity contribution < 1.29 is 14.3 Å². The Hall–Kier alpha value is -3.94. The van der Waals surface area contributed by atoms with Gasteiger partial charge in [0, 0.05) is 0 Å². The number of allylic oxidation sites excluding steroid dienone is 2. The highest BCUT2D eigenvalue weighted by Gasteiger charge is 2.49. The number of rotatable bonds is 4. The summed E-state index contributed by atoms with van der Waals surface area (Å²) in [5.74, 6) is 0.427. The van der Waals surface area contributed by atoms with Gasteiger partial charge in [0.1, 0.15) is 5.75 Å². The summed E-state index contributed by atoms with van der Waals surface area (Å²) >= 11 is 0. The normalized spacial score (nSPS) is 25.6. The quantitative estimate of drug-likeness (QED) is 0.474. The Morgan fingerprint density at radius 3 is 2.24 bits per heavy atom. The summed E-state index contributed by atoms with van der Waals surface area (Å²) in [5.41, 5.74) is 2.19. The van der Waals surface area contributed by atoms with Gasteiger partial charge in [0.15, 0.2) is 0 Å². The zero-order chi connectivity index (χ0) is 23.2. The fraction of sp³-hybridized carbons (Fsp3) is 0.308. The van der Waals surface area contributed by atoms with Crippen molar-refractivity contribution in [3.8, 4) is 5.75 Å². The molecule has 172 valence electrons. The van der Waals surface area contributed by atoms with Gasteiger partial charge in [-0.05, 0) is 42.5 Å². The lowest BCUT2D eigenvalue weighted by atomic mass is 9.85. The van der Waals surface area contributed by atoms with Crippen LogP contribution in [0.1, 0.15) is 42.5 Å². The summed E-state index contributed by atoms with van der Waals surface area (Å²) in [6, 6.07) is 18.0. The van der Waals surface area contributed by atoms with Crippen molar-refractivity contribution in [1.29, 1.82) is 0 Å². The highest BCUT2D eigenvalue weighted by atomic mass is 16.5. The smallest absolute Gasteiger partial charge is 0.260 e. The third-order valence-corrected chi connectivity index (χ3v) is 7.09. The first kappa shape index (κ1) is 20.7. The Balaban J connectivity index is 1.40. The molecule has 8 nitrogen and oxygen atoms in total. The van der Waals surface area contributed by atoms with E-state index >= 15 is 0 Å². The summed E-state index contributed by atoms with van der Waals surface area (Å²) in [5, 5.41) is 8.17. The summed E-state index contributed by atoms with van der Waals surface area (Å²) < 4.78 is 7.13. The molecule has 6 rings (SSSR count). The number of benzene rings is 2. The van der Waals surface area contributed by atoms with E-state index in [0.717, 1.165) is 23.3 Å². The maximum Gasteiger partial charge on any atom is 0.260 e. The zero-order valence-corrected chi connectivity index (χ0v) is 18.8. The first-order chi connectivity index (χ1) is 16.6. The molecule has 1 aromatic heterocycles. The number of imide groups is 1. The number of anilines is 2. The molecule has 3 heterocycles. The van der Waals surface area contributed by atoms with E-state index in [2.05, 4.69) is 22.4 Å². The number of amides is 2. The molecule has 0 unspecified atom stereocenters. The van der Waals surface area contributed by atoms with E-state index in [9.17, 15) is 9.59 Å². The molecule has 3 aliphatic rings. The number of ether oxygens (including phenoxy) is 1. The number of hydrogen-bond donors (Lipinski definition) is 1. The number of nitrogens with one attached hydrogen (secondary N) is 1. The second-order valence-corrected chi connectivity index (χ2v) is 8.98. The van der Waals surface area contributed by atoms with Crippen LogP contribution in [0.2, 0.25) is 0 Å². The fourth-order valence-electron chi connectivity index (χ4n) is 5.27. The number of hydrogen-bond acceptors (Lipinski definition) is 6. The Morgan fingerprint density at radius 1 is 0.912 bits per heavy atom. The third kappa shape index (κ3) is 3.29. The number of carbonyl (C=O) groups excluding carboxylic acids is 2. The van der Waals surface area contributed by atoms with E-state index in [0.29, 0.717) is 18.8 Å². The van der Waals surface area contributed by atoms with Crippen LogP contribution in [-0.4, -0.2) is 33.7 Å². The van der Waals surface area contributed by atoms with Crippen LogP contribution < -0.4 is 15.0 Å². The lowest BCUT2D eigenvalue weighted by Crippen LogP contribution is -2.32. The van der Waals surface area contributed by atoms with Crippen molar-refractivity contribution in [3.63, 3.8) is 0 Å². The summed E-state index contributed by atoms with van der Waals surface area (Å²) in [4.78, 5) is 32.1.